The molecular weight excluding hydrogens is 326 g/mol. The summed E-state index contributed by atoms with van der Waals surface area (Å²) in [5.74, 6) is 0.649. The molecule has 1 fully saturated rings. The third-order valence-electron chi connectivity index (χ3n) is 3.77. The highest BCUT2D eigenvalue weighted by Crippen LogP contribution is 2.23. The molecule has 1 aromatic heterocycles. The first-order valence-corrected chi connectivity index (χ1v) is 8.67. The number of β-amino-alcohol motifs (C(OH)–C–C–N with tert-alkyl or cyclic N) is 1. The van der Waals surface area contributed by atoms with Crippen LogP contribution in [-0.4, -0.2) is 53.9 Å². The van der Waals surface area contributed by atoms with Crippen LogP contribution in [0.5, 0.6) is 5.75 Å². The Kier molecular flexibility index (Phi) is 5.77. The lowest BCUT2D eigenvalue weighted by Gasteiger charge is -2.33. The van der Waals surface area contributed by atoms with E-state index >= 15 is 0 Å². The molecule has 0 amide bonds. The van der Waals surface area contributed by atoms with Gasteiger partial charge in [0.05, 0.1) is 18.2 Å². The predicted molar refractivity (Wildman–Crippen MR) is 89.9 cm³/mol. The zero-order chi connectivity index (χ0) is 16.8. The maximum Gasteiger partial charge on any atom is 0.123 e. The fraction of sp³-hybridized carbons (Fsp3) is 0.412. The van der Waals surface area contributed by atoms with Gasteiger partial charge in [0.25, 0.3) is 0 Å². The lowest BCUT2D eigenvalue weighted by atomic mass is 10.2. The van der Waals surface area contributed by atoms with Crippen molar-refractivity contribution in [2.45, 2.75) is 12.2 Å². The van der Waals surface area contributed by atoms with Gasteiger partial charge in [-0.25, -0.2) is 4.98 Å². The Morgan fingerprint density at radius 2 is 2.29 bits per heavy atom. The van der Waals surface area contributed by atoms with E-state index in [0.29, 0.717) is 24.5 Å². The van der Waals surface area contributed by atoms with Gasteiger partial charge in [-0.1, -0.05) is 0 Å². The Balaban J connectivity index is 1.45. The van der Waals surface area contributed by atoms with E-state index in [1.165, 1.54) is 0 Å². The van der Waals surface area contributed by atoms with Crippen molar-refractivity contribution in [3.8, 4) is 11.8 Å². The van der Waals surface area contributed by atoms with Crippen LogP contribution in [0, 0.1) is 11.3 Å². The Morgan fingerprint density at radius 1 is 1.46 bits per heavy atom. The monoisotopic (exact) mass is 345 g/mol. The first kappa shape index (κ1) is 16.9. The minimum absolute atomic E-state index is 0.0228. The molecule has 1 aliphatic rings. The molecule has 7 heteroatoms. The summed E-state index contributed by atoms with van der Waals surface area (Å²) < 4.78 is 11.3. The molecule has 1 N–H and O–H groups in total. The highest BCUT2D eigenvalue weighted by molar-refractivity contribution is 7.09. The largest absolute Gasteiger partial charge is 0.491 e. The van der Waals surface area contributed by atoms with Crippen LogP contribution in [0.3, 0.4) is 0 Å². The summed E-state index contributed by atoms with van der Waals surface area (Å²) in [6, 6.07) is 8.92. The SMILES string of the molecule is N#Cc1ccc(OC[C@@H](O)CN2CCO[C@H](c3nccs3)C2)cc1. The summed E-state index contributed by atoms with van der Waals surface area (Å²) in [5.41, 5.74) is 0.587. The van der Waals surface area contributed by atoms with E-state index < -0.39 is 6.10 Å². The molecule has 0 radical (unpaired) electrons. The fourth-order valence-electron chi connectivity index (χ4n) is 2.58. The molecule has 0 aliphatic carbocycles. The van der Waals surface area contributed by atoms with E-state index in [2.05, 4.69) is 16.0 Å². The summed E-state index contributed by atoms with van der Waals surface area (Å²) in [6.45, 7) is 2.89. The average molecular weight is 345 g/mol. The second kappa shape index (κ2) is 8.22. The van der Waals surface area contributed by atoms with E-state index in [1.807, 2.05) is 5.38 Å². The smallest absolute Gasteiger partial charge is 0.123 e. The number of aliphatic hydroxyl groups is 1. The minimum Gasteiger partial charge on any atom is -0.491 e. The van der Waals surface area contributed by atoms with Gasteiger partial charge in [0.1, 0.15) is 29.6 Å². The summed E-state index contributed by atoms with van der Waals surface area (Å²) in [5, 5.41) is 21.9. The number of benzene rings is 1. The summed E-state index contributed by atoms with van der Waals surface area (Å²) in [7, 11) is 0. The first-order valence-electron chi connectivity index (χ1n) is 7.79. The van der Waals surface area contributed by atoms with Crippen molar-refractivity contribution in [1.82, 2.24) is 9.88 Å². The Morgan fingerprint density at radius 3 is 3.00 bits per heavy atom. The molecule has 1 saturated heterocycles. The van der Waals surface area contributed by atoms with Crippen molar-refractivity contribution >= 4 is 11.3 Å². The summed E-state index contributed by atoms with van der Waals surface area (Å²) in [4.78, 5) is 6.47. The molecule has 0 unspecified atom stereocenters. The third kappa shape index (κ3) is 4.52. The highest BCUT2D eigenvalue weighted by atomic mass is 32.1. The molecule has 0 spiro atoms. The van der Waals surface area contributed by atoms with E-state index in [9.17, 15) is 5.11 Å². The number of hydrogen-bond acceptors (Lipinski definition) is 7. The number of rotatable bonds is 6. The number of thiazole rings is 1. The van der Waals surface area contributed by atoms with Crippen LogP contribution >= 0.6 is 11.3 Å². The zero-order valence-electron chi connectivity index (χ0n) is 13.2. The number of nitriles is 1. The Hall–Kier alpha value is -1.98. The van der Waals surface area contributed by atoms with E-state index in [4.69, 9.17) is 14.7 Å². The van der Waals surface area contributed by atoms with Crippen molar-refractivity contribution < 1.29 is 14.6 Å². The molecule has 2 aromatic rings. The predicted octanol–water partition coefficient (Wildman–Crippen LogP) is 1.83. The number of nitrogens with zero attached hydrogens (tertiary/aromatic N) is 3. The van der Waals surface area contributed by atoms with Crippen molar-refractivity contribution in [3.05, 3.63) is 46.4 Å². The van der Waals surface area contributed by atoms with Crippen molar-refractivity contribution in [2.24, 2.45) is 0 Å². The fourth-order valence-corrected chi connectivity index (χ4v) is 3.26. The van der Waals surface area contributed by atoms with Gasteiger partial charge in [0.2, 0.25) is 0 Å². The Labute approximate surface area is 144 Å². The second-order valence-electron chi connectivity index (χ2n) is 5.59. The van der Waals surface area contributed by atoms with Crippen molar-refractivity contribution in [1.29, 1.82) is 5.26 Å². The third-order valence-corrected chi connectivity index (χ3v) is 4.64. The standard InChI is InChI=1S/C17H19N3O3S/c18-9-13-1-3-15(4-2-13)23-12-14(21)10-20-6-7-22-16(11-20)17-19-5-8-24-17/h1-5,8,14,16,21H,6-7,10-12H2/t14-,16-/m0/s1. The van der Waals surface area contributed by atoms with Gasteiger partial charge in [0, 0.05) is 31.2 Å². The summed E-state index contributed by atoms with van der Waals surface area (Å²) >= 11 is 1.59. The molecule has 2 atom stereocenters. The zero-order valence-corrected chi connectivity index (χ0v) is 14.0. The van der Waals surface area contributed by atoms with Crippen LogP contribution in [0.1, 0.15) is 16.7 Å². The van der Waals surface area contributed by atoms with Gasteiger partial charge in [0.15, 0.2) is 0 Å². The number of morpholine rings is 1. The van der Waals surface area contributed by atoms with Crippen LogP contribution in [-0.2, 0) is 4.74 Å². The normalized spacial score (nSPS) is 19.6. The summed E-state index contributed by atoms with van der Waals surface area (Å²) in [6.07, 6.45) is 1.17. The van der Waals surface area contributed by atoms with Gasteiger partial charge in [-0.3, -0.25) is 4.90 Å². The van der Waals surface area contributed by atoms with Crippen LogP contribution in [0.2, 0.25) is 0 Å². The molecule has 0 bridgehead atoms. The van der Waals surface area contributed by atoms with Gasteiger partial charge in [-0.15, -0.1) is 11.3 Å². The lowest BCUT2D eigenvalue weighted by molar-refractivity contribution is -0.0460. The maximum atomic E-state index is 10.2. The quantitative estimate of drug-likeness (QED) is 0.860. The molecular formula is C17H19N3O3S. The minimum atomic E-state index is -0.587. The van der Waals surface area contributed by atoms with Gasteiger partial charge in [-0.2, -0.15) is 5.26 Å². The molecule has 0 saturated carbocycles. The van der Waals surface area contributed by atoms with Crippen molar-refractivity contribution in [2.75, 3.05) is 32.8 Å². The van der Waals surface area contributed by atoms with Crippen molar-refractivity contribution in [3.63, 3.8) is 0 Å². The van der Waals surface area contributed by atoms with E-state index in [-0.39, 0.29) is 12.7 Å². The van der Waals surface area contributed by atoms with E-state index in [0.717, 1.165) is 18.1 Å². The maximum absolute atomic E-state index is 10.2. The van der Waals surface area contributed by atoms with Crippen LogP contribution in [0.4, 0.5) is 0 Å². The molecule has 126 valence electrons. The number of ether oxygens (including phenoxy) is 2. The first-order chi connectivity index (χ1) is 11.7. The lowest BCUT2D eigenvalue weighted by Crippen LogP contribution is -2.43. The van der Waals surface area contributed by atoms with E-state index in [1.54, 1.807) is 41.8 Å². The number of aliphatic hydroxyl groups excluding tert-OH is 1. The number of aromatic nitrogens is 1. The second-order valence-corrected chi connectivity index (χ2v) is 6.52. The molecule has 3 rings (SSSR count). The van der Waals surface area contributed by atoms with Gasteiger partial charge >= 0.3 is 0 Å². The van der Waals surface area contributed by atoms with Crippen LogP contribution in [0.15, 0.2) is 35.8 Å². The molecule has 2 heterocycles. The van der Waals surface area contributed by atoms with Crippen LogP contribution < -0.4 is 4.74 Å². The van der Waals surface area contributed by atoms with Gasteiger partial charge < -0.3 is 14.6 Å². The van der Waals surface area contributed by atoms with Gasteiger partial charge in [-0.05, 0) is 24.3 Å². The molecule has 1 aliphatic heterocycles. The topological polar surface area (TPSA) is 78.6 Å². The molecule has 24 heavy (non-hydrogen) atoms. The molecule has 1 aromatic carbocycles. The molecule has 6 nitrogen and oxygen atoms in total. The Bertz CT molecular complexity index is 669. The van der Waals surface area contributed by atoms with Crippen LogP contribution in [0.25, 0.3) is 0 Å². The average Bonchev–Trinajstić information content (AvgIpc) is 3.15. The highest BCUT2D eigenvalue weighted by Gasteiger charge is 2.25. The number of hydrogen-bond donors (Lipinski definition) is 1.